The fourth-order valence-corrected chi connectivity index (χ4v) is 7.30. The maximum absolute atomic E-state index is 12.2. The van der Waals surface area contributed by atoms with E-state index < -0.39 is 0 Å². The molecule has 4 heteroatoms. The van der Waals surface area contributed by atoms with Crippen molar-refractivity contribution in [2.75, 3.05) is 0 Å². The Morgan fingerprint density at radius 2 is 1.09 bits per heavy atom. The van der Waals surface area contributed by atoms with Crippen molar-refractivity contribution in [2.45, 2.75) is 52.4 Å². The summed E-state index contributed by atoms with van der Waals surface area (Å²) in [5.74, 6) is 0.271. The summed E-state index contributed by atoms with van der Waals surface area (Å²) in [6, 6.07) is 50.8. The first-order chi connectivity index (χ1) is 26.0. The van der Waals surface area contributed by atoms with Crippen molar-refractivity contribution >= 4 is 5.65 Å². The Balaban J connectivity index is 1.36. The van der Waals surface area contributed by atoms with Gasteiger partial charge < -0.3 is 5.11 Å². The quantitative estimate of drug-likeness (QED) is 0.188. The zero-order chi connectivity index (χ0) is 37.6. The summed E-state index contributed by atoms with van der Waals surface area (Å²) in [4.78, 5) is 10.3. The van der Waals surface area contributed by atoms with Gasteiger partial charge in [0.25, 0.3) is 0 Å². The average Bonchev–Trinajstić information content (AvgIpc) is 3.58. The third-order valence-electron chi connectivity index (χ3n) is 10.3. The molecule has 0 aliphatic carbocycles. The first-order valence-corrected chi connectivity index (χ1v) is 18.6. The number of pyridine rings is 2. The largest absolute Gasteiger partial charge is 0.507 e. The normalized spacial score (nSPS) is 12.0. The molecule has 0 fully saturated rings. The van der Waals surface area contributed by atoms with Gasteiger partial charge in [0.15, 0.2) is 0 Å². The second-order valence-corrected chi connectivity index (χ2v) is 16.2. The molecule has 0 amide bonds. The monoisotopic (exact) mass is 703 g/mol. The first kappa shape index (κ1) is 34.8. The Kier molecular flexibility index (Phi) is 8.78. The number of hydrogen-bond acceptors (Lipinski definition) is 3. The minimum Gasteiger partial charge on any atom is -0.507 e. The van der Waals surface area contributed by atoms with Crippen LogP contribution >= 0.6 is 0 Å². The van der Waals surface area contributed by atoms with Crippen LogP contribution in [0.25, 0.3) is 72.8 Å². The van der Waals surface area contributed by atoms with E-state index in [1.807, 2.05) is 18.3 Å². The van der Waals surface area contributed by atoms with Gasteiger partial charge in [0, 0.05) is 40.2 Å². The number of phenolic OH excluding ortho intramolecular Hbond substituents is 1. The predicted molar refractivity (Wildman–Crippen MR) is 225 cm³/mol. The summed E-state index contributed by atoms with van der Waals surface area (Å²) in [5.41, 5.74) is 14.4. The third-order valence-corrected chi connectivity index (χ3v) is 10.3. The van der Waals surface area contributed by atoms with Crippen molar-refractivity contribution < 1.29 is 5.11 Å². The number of aromatic nitrogens is 3. The van der Waals surface area contributed by atoms with Crippen LogP contribution in [0.3, 0.4) is 0 Å². The SMILES string of the molecule is CC(C)(C)c1cc(-c2nc3c(-c4cccc(-c5cc(-c6ccccc6)ccn5)c4)cccn3c2-c2cccc(-c3ccccc3)c2)c(O)c(C(C)(C)C)c1. The predicted octanol–water partition coefficient (Wildman–Crippen LogP) is 13.0. The lowest BCUT2D eigenvalue weighted by Gasteiger charge is -2.27. The average molecular weight is 704 g/mol. The van der Waals surface area contributed by atoms with E-state index in [4.69, 9.17) is 9.97 Å². The number of fused-ring (bicyclic) bond motifs is 1. The molecule has 5 aromatic carbocycles. The molecule has 0 atom stereocenters. The fourth-order valence-electron chi connectivity index (χ4n) is 7.30. The van der Waals surface area contributed by atoms with Crippen LogP contribution in [-0.4, -0.2) is 19.5 Å². The van der Waals surface area contributed by atoms with Crippen LogP contribution in [0, 0.1) is 0 Å². The molecular formula is C50H45N3O. The zero-order valence-electron chi connectivity index (χ0n) is 31.8. The Bertz CT molecular complexity index is 2620. The minimum absolute atomic E-state index is 0.146. The molecule has 0 saturated carbocycles. The van der Waals surface area contributed by atoms with E-state index in [0.717, 1.165) is 83.9 Å². The molecule has 0 bridgehead atoms. The second kappa shape index (κ2) is 13.6. The van der Waals surface area contributed by atoms with Crippen molar-refractivity contribution in [1.29, 1.82) is 0 Å². The number of hydrogen-bond donors (Lipinski definition) is 1. The van der Waals surface area contributed by atoms with Crippen molar-refractivity contribution in [3.05, 3.63) is 169 Å². The van der Waals surface area contributed by atoms with Crippen molar-refractivity contribution in [1.82, 2.24) is 14.4 Å². The van der Waals surface area contributed by atoms with Crippen LogP contribution in [0.2, 0.25) is 0 Å². The minimum atomic E-state index is -0.288. The van der Waals surface area contributed by atoms with E-state index in [-0.39, 0.29) is 16.6 Å². The van der Waals surface area contributed by atoms with Crippen LogP contribution in [0.4, 0.5) is 0 Å². The number of imidazole rings is 1. The van der Waals surface area contributed by atoms with Crippen LogP contribution in [0.5, 0.6) is 5.75 Å². The summed E-state index contributed by atoms with van der Waals surface area (Å²) >= 11 is 0. The van der Waals surface area contributed by atoms with Gasteiger partial charge in [-0.3, -0.25) is 9.38 Å². The second-order valence-electron chi connectivity index (χ2n) is 16.2. The van der Waals surface area contributed by atoms with Crippen LogP contribution in [0.1, 0.15) is 52.7 Å². The molecule has 54 heavy (non-hydrogen) atoms. The van der Waals surface area contributed by atoms with Gasteiger partial charge in [0.05, 0.1) is 11.4 Å². The molecule has 3 heterocycles. The molecule has 1 N–H and O–H groups in total. The standard InChI is InChI=1S/C50H45N3O/c1-49(2,3)40-31-42(47(54)43(32-40)50(4,5)6)45-46(39-23-13-20-35(28-39)33-16-9-7-10-17-33)53-27-15-24-41(48(53)52-45)37-21-14-22-38(29-37)44-30-36(25-26-51-44)34-18-11-8-12-19-34/h7-32,54H,1-6H3. The Labute approximate surface area is 318 Å². The summed E-state index contributed by atoms with van der Waals surface area (Å²) in [6.07, 6.45) is 3.97. The van der Waals surface area contributed by atoms with Gasteiger partial charge >= 0.3 is 0 Å². The smallest absolute Gasteiger partial charge is 0.145 e. The zero-order valence-corrected chi connectivity index (χ0v) is 31.8. The summed E-state index contributed by atoms with van der Waals surface area (Å²) in [5, 5.41) is 12.2. The van der Waals surface area contributed by atoms with Gasteiger partial charge in [-0.25, -0.2) is 4.98 Å². The highest BCUT2D eigenvalue weighted by Gasteiger charge is 2.29. The van der Waals surface area contributed by atoms with Gasteiger partial charge in [-0.15, -0.1) is 0 Å². The lowest BCUT2D eigenvalue weighted by atomic mass is 9.78. The summed E-state index contributed by atoms with van der Waals surface area (Å²) in [7, 11) is 0. The molecule has 0 aliphatic heterocycles. The molecule has 266 valence electrons. The third kappa shape index (κ3) is 6.60. The maximum atomic E-state index is 12.2. The number of phenols is 1. The highest BCUT2D eigenvalue weighted by molar-refractivity contribution is 5.91. The number of nitrogens with zero attached hydrogens (tertiary/aromatic N) is 3. The highest BCUT2D eigenvalue weighted by Crippen LogP contribution is 2.46. The Morgan fingerprint density at radius 3 is 1.76 bits per heavy atom. The first-order valence-electron chi connectivity index (χ1n) is 18.6. The molecule has 0 aliphatic rings. The van der Waals surface area contributed by atoms with Gasteiger partial charge in [0.2, 0.25) is 0 Å². The molecule has 0 unspecified atom stereocenters. The van der Waals surface area contributed by atoms with Crippen LogP contribution in [0.15, 0.2) is 158 Å². The number of benzene rings is 5. The number of rotatable bonds is 6. The van der Waals surface area contributed by atoms with E-state index in [1.54, 1.807) is 0 Å². The van der Waals surface area contributed by atoms with Gasteiger partial charge in [-0.1, -0.05) is 145 Å². The summed E-state index contributed by atoms with van der Waals surface area (Å²) < 4.78 is 2.19. The molecule has 4 nitrogen and oxygen atoms in total. The topological polar surface area (TPSA) is 50.4 Å². The van der Waals surface area contributed by atoms with Gasteiger partial charge in [-0.2, -0.15) is 0 Å². The molecule has 3 aromatic heterocycles. The van der Waals surface area contributed by atoms with Crippen LogP contribution < -0.4 is 0 Å². The lowest BCUT2D eigenvalue weighted by Crippen LogP contribution is -2.17. The van der Waals surface area contributed by atoms with Gasteiger partial charge in [-0.05, 0) is 86.7 Å². The van der Waals surface area contributed by atoms with Gasteiger partial charge in [0.1, 0.15) is 17.1 Å². The van der Waals surface area contributed by atoms with Crippen molar-refractivity contribution in [3.63, 3.8) is 0 Å². The Hall–Kier alpha value is -6.26. The van der Waals surface area contributed by atoms with E-state index in [1.165, 1.54) is 0 Å². The van der Waals surface area contributed by atoms with E-state index in [2.05, 4.69) is 186 Å². The molecule has 0 spiro atoms. The van der Waals surface area contributed by atoms with Crippen molar-refractivity contribution in [3.8, 4) is 72.9 Å². The summed E-state index contributed by atoms with van der Waals surface area (Å²) in [6.45, 7) is 13.1. The molecule has 0 radical (unpaired) electrons. The molecular weight excluding hydrogens is 659 g/mol. The molecule has 0 saturated heterocycles. The Morgan fingerprint density at radius 1 is 0.500 bits per heavy atom. The van der Waals surface area contributed by atoms with E-state index in [9.17, 15) is 5.11 Å². The van der Waals surface area contributed by atoms with Crippen LogP contribution in [-0.2, 0) is 10.8 Å². The lowest BCUT2D eigenvalue weighted by molar-refractivity contribution is 0.446. The fraction of sp³-hybridized carbons (Fsp3) is 0.160. The maximum Gasteiger partial charge on any atom is 0.145 e. The number of aromatic hydroxyl groups is 1. The molecule has 8 rings (SSSR count). The molecule has 8 aromatic rings. The highest BCUT2D eigenvalue weighted by atomic mass is 16.3. The van der Waals surface area contributed by atoms with E-state index >= 15 is 0 Å². The van der Waals surface area contributed by atoms with E-state index in [0.29, 0.717) is 0 Å². The van der Waals surface area contributed by atoms with Crippen molar-refractivity contribution in [2.24, 2.45) is 0 Å².